The number of thioether (sulfide) groups is 1. The minimum atomic E-state index is -0.324. The molecule has 0 aliphatic carbocycles. The molecule has 3 rings (SSSR count). The third kappa shape index (κ3) is 3.93. The molecule has 1 aromatic carbocycles. The Morgan fingerprint density at radius 3 is 2.72 bits per heavy atom. The summed E-state index contributed by atoms with van der Waals surface area (Å²) in [6.45, 7) is 5.59. The fourth-order valence-corrected chi connectivity index (χ4v) is 4.29. The van der Waals surface area contributed by atoms with E-state index in [2.05, 4.69) is 9.97 Å². The summed E-state index contributed by atoms with van der Waals surface area (Å²) in [5.74, 6) is -0.210. The third-order valence-corrected chi connectivity index (χ3v) is 5.32. The van der Waals surface area contributed by atoms with Gasteiger partial charge in [-0.1, -0.05) is 42.1 Å². The van der Waals surface area contributed by atoms with Gasteiger partial charge in [-0.2, -0.15) is 0 Å². The Morgan fingerprint density at radius 1 is 1.32 bits per heavy atom. The molecule has 0 spiro atoms. The van der Waals surface area contributed by atoms with E-state index in [4.69, 9.17) is 4.74 Å². The second-order valence-corrected chi connectivity index (χ2v) is 7.95. The number of aromatic nitrogens is 2. The largest absolute Gasteiger partial charge is 0.462 e. The first-order chi connectivity index (χ1) is 12.0. The summed E-state index contributed by atoms with van der Waals surface area (Å²) in [4.78, 5) is 33.3. The number of nitrogens with one attached hydrogen (secondary N) is 1. The van der Waals surface area contributed by atoms with E-state index in [0.29, 0.717) is 15.4 Å². The van der Waals surface area contributed by atoms with Gasteiger partial charge >= 0.3 is 5.97 Å². The number of nitrogens with zero attached hydrogens (tertiary/aromatic N) is 1. The summed E-state index contributed by atoms with van der Waals surface area (Å²) in [5.41, 5.74) is 1.73. The first-order valence-corrected chi connectivity index (χ1v) is 9.67. The van der Waals surface area contributed by atoms with Crippen molar-refractivity contribution in [1.29, 1.82) is 0 Å². The number of fused-ring (bicyclic) bond motifs is 1. The average molecular weight is 374 g/mol. The highest BCUT2D eigenvalue weighted by molar-refractivity contribution is 7.99. The minimum Gasteiger partial charge on any atom is -0.462 e. The predicted octanol–water partition coefficient (Wildman–Crippen LogP) is 4.00. The number of hydrogen-bond acceptors (Lipinski definition) is 6. The highest BCUT2D eigenvalue weighted by atomic mass is 32.2. The van der Waals surface area contributed by atoms with Gasteiger partial charge in [0.05, 0.1) is 17.2 Å². The van der Waals surface area contributed by atoms with Gasteiger partial charge in [-0.05, 0) is 26.3 Å². The van der Waals surface area contributed by atoms with Crippen molar-refractivity contribution in [1.82, 2.24) is 9.97 Å². The van der Waals surface area contributed by atoms with Gasteiger partial charge in [-0.25, -0.2) is 4.98 Å². The number of aryl methyl sites for hydroxylation is 1. The van der Waals surface area contributed by atoms with Crippen LogP contribution in [0.15, 0.2) is 40.3 Å². The van der Waals surface area contributed by atoms with Crippen LogP contribution in [0.2, 0.25) is 0 Å². The summed E-state index contributed by atoms with van der Waals surface area (Å²) < 4.78 is 5.09. The average Bonchev–Trinajstić information content (AvgIpc) is 2.89. The van der Waals surface area contributed by atoms with Crippen molar-refractivity contribution in [2.75, 3.05) is 5.75 Å². The van der Waals surface area contributed by atoms with Crippen LogP contribution in [0, 0.1) is 6.92 Å². The summed E-state index contributed by atoms with van der Waals surface area (Å²) in [6.07, 6.45) is -0.157. The van der Waals surface area contributed by atoms with E-state index >= 15 is 0 Å². The van der Waals surface area contributed by atoms with Gasteiger partial charge in [-0.3, -0.25) is 9.59 Å². The molecule has 0 aliphatic heterocycles. The number of ether oxygens (including phenoxy) is 1. The summed E-state index contributed by atoms with van der Waals surface area (Å²) in [6, 6.07) is 9.81. The Bertz CT molecular complexity index is 962. The molecule has 0 fully saturated rings. The number of rotatable bonds is 5. The maximum atomic E-state index is 12.6. The van der Waals surface area contributed by atoms with Gasteiger partial charge in [0.25, 0.3) is 5.56 Å². The molecule has 5 nitrogen and oxygen atoms in total. The van der Waals surface area contributed by atoms with Crippen molar-refractivity contribution >= 4 is 39.3 Å². The zero-order valence-corrected chi connectivity index (χ0v) is 15.8. The van der Waals surface area contributed by atoms with Crippen molar-refractivity contribution < 1.29 is 9.53 Å². The molecular formula is C18H18N2O3S2. The molecule has 0 atom stereocenters. The maximum absolute atomic E-state index is 12.6. The molecule has 0 aliphatic rings. The SMILES string of the molecule is Cc1sc2nc(SCC(=O)OC(C)C)[nH]c(=O)c2c1-c1ccccc1. The Hall–Kier alpha value is -2.12. The molecule has 7 heteroatoms. The highest BCUT2D eigenvalue weighted by Gasteiger charge is 2.17. The number of carbonyl (C=O) groups is 1. The van der Waals surface area contributed by atoms with Crippen LogP contribution in [0.1, 0.15) is 18.7 Å². The smallest absolute Gasteiger partial charge is 0.316 e. The Balaban J connectivity index is 1.94. The molecule has 25 heavy (non-hydrogen) atoms. The highest BCUT2D eigenvalue weighted by Crippen LogP contribution is 2.35. The number of benzene rings is 1. The fourth-order valence-electron chi connectivity index (χ4n) is 2.54. The van der Waals surface area contributed by atoms with E-state index in [9.17, 15) is 9.59 Å². The predicted molar refractivity (Wildman–Crippen MR) is 102 cm³/mol. The molecule has 0 amide bonds. The van der Waals surface area contributed by atoms with E-state index in [0.717, 1.165) is 16.0 Å². The van der Waals surface area contributed by atoms with Crippen LogP contribution >= 0.6 is 23.1 Å². The van der Waals surface area contributed by atoms with Crippen molar-refractivity contribution in [3.63, 3.8) is 0 Å². The van der Waals surface area contributed by atoms with Gasteiger partial charge in [0.15, 0.2) is 5.16 Å². The Kier molecular flexibility index (Phi) is 5.24. The number of thiophene rings is 1. The van der Waals surface area contributed by atoms with Gasteiger partial charge in [0.1, 0.15) is 4.83 Å². The molecule has 0 radical (unpaired) electrons. The van der Waals surface area contributed by atoms with Crippen LogP contribution in [0.3, 0.4) is 0 Å². The van der Waals surface area contributed by atoms with E-state index in [1.807, 2.05) is 37.3 Å². The topological polar surface area (TPSA) is 72.0 Å². The molecule has 0 bridgehead atoms. The van der Waals surface area contributed by atoms with Gasteiger partial charge < -0.3 is 9.72 Å². The van der Waals surface area contributed by atoms with E-state index < -0.39 is 0 Å². The number of H-pyrrole nitrogens is 1. The van der Waals surface area contributed by atoms with E-state index in [-0.39, 0.29) is 23.4 Å². The monoisotopic (exact) mass is 374 g/mol. The van der Waals surface area contributed by atoms with Crippen LogP contribution in [0.25, 0.3) is 21.3 Å². The van der Waals surface area contributed by atoms with Gasteiger partial charge in [0, 0.05) is 10.4 Å². The lowest BCUT2D eigenvalue weighted by Crippen LogP contribution is -2.14. The Labute approximate surface area is 153 Å². The molecule has 3 aromatic rings. The zero-order valence-electron chi connectivity index (χ0n) is 14.2. The number of carbonyl (C=O) groups excluding carboxylic acids is 1. The van der Waals surface area contributed by atoms with E-state index in [1.165, 1.54) is 23.1 Å². The molecule has 0 saturated heterocycles. The summed E-state index contributed by atoms with van der Waals surface area (Å²) in [7, 11) is 0. The van der Waals surface area contributed by atoms with Gasteiger partial charge in [-0.15, -0.1) is 11.3 Å². The van der Waals surface area contributed by atoms with Crippen molar-refractivity contribution in [3.05, 3.63) is 45.6 Å². The van der Waals surface area contributed by atoms with Crippen LogP contribution < -0.4 is 5.56 Å². The third-order valence-electron chi connectivity index (χ3n) is 3.47. The zero-order chi connectivity index (χ0) is 18.0. The molecular weight excluding hydrogens is 356 g/mol. The van der Waals surface area contributed by atoms with Crippen LogP contribution in [-0.2, 0) is 9.53 Å². The second-order valence-electron chi connectivity index (χ2n) is 5.78. The lowest BCUT2D eigenvalue weighted by molar-refractivity contribution is -0.144. The van der Waals surface area contributed by atoms with Crippen LogP contribution in [-0.4, -0.2) is 27.8 Å². The van der Waals surface area contributed by atoms with E-state index in [1.54, 1.807) is 13.8 Å². The second kappa shape index (κ2) is 7.41. The summed E-state index contributed by atoms with van der Waals surface area (Å²) >= 11 is 2.66. The number of hydrogen-bond donors (Lipinski definition) is 1. The molecule has 2 aromatic heterocycles. The molecule has 130 valence electrons. The minimum absolute atomic E-state index is 0.114. The van der Waals surface area contributed by atoms with Crippen molar-refractivity contribution in [2.45, 2.75) is 32.0 Å². The fraction of sp³-hybridized carbons (Fsp3) is 0.278. The summed E-state index contributed by atoms with van der Waals surface area (Å²) in [5, 5.41) is 1.03. The standard InChI is InChI=1S/C18H18N2O3S2/c1-10(2)23-13(21)9-24-18-19-16(22)15-14(11(3)25-17(15)20-18)12-7-5-4-6-8-12/h4-8,10H,9H2,1-3H3,(H,19,20,22). The normalized spacial score (nSPS) is 11.2. The number of esters is 1. The molecule has 1 N–H and O–H groups in total. The molecule has 0 unspecified atom stereocenters. The lowest BCUT2D eigenvalue weighted by atomic mass is 10.0. The molecule has 0 saturated carbocycles. The Morgan fingerprint density at radius 2 is 2.04 bits per heavy atom. The maximum Gasteiger partial charge on any atom is 0.316 e. The van der Waals surface area contributed by atoms with Crippen LogP contribution in [0.4, 0.5) is 0 Å². The van der Waals surface area contributed by atoms with Crippen LogP contribution in [0.5, 0.6) is 0 Å². The van der Waals surface area contributed by atoms with Crippen molar-refractivity contribution in [3.8, 4) is 11.1 Å². The quantitative estimate of drug-likeness (QED) is 0.415. The first-order valence-electron chi connectivity index (χ1n) is 7.87. The lowest BCUT2D eigenvalue weighted by Gasteiger charge is -2.07. The number of aromatic amines is 1. The van der Waals surface area contributed by atoms with Crippen molar-refractivity contribution in [2.24, 2.45) is 0 Å². The van der Waals surface area contributed by atoms with Gasteiger partial charge in [0.2, 0.25) is 0 Å². The molecule has 2 heterocycles. The first kappa shape index (κ1) is 17.7.